The molecule has 0 aliphatic heterocycles. The largest absolute Gasteiger partial charge is 0.241 e. The van der Waals surface area contributed by atoms with Crippen LogP contribution in [0.2, 0.25) is 0 Å². The van der Waals surface area contributed by atoms with Crippen LogP contribution in [-0.4, -0.2) is 4.98 Å². The van der Waals surface area contributed by atoms with E-state index in [0.29, 0.717) is 0 Å². The second kappa shape index (κ2) is 5.72. The molecule has 0 saturated heterocycles. The van der Waals surface area contributed by atoms with Gasteiger partial charge in [-0.3, -0.25) is 0 Å². The molecule has 0 N–H and O–H groups in total. The number of fused-ring (bicyclic) bond motifs is 1. The molecule has 0 aliphatic rings. The lowest BCUT2D eigenvalue weighted by Gasteiger charge is -1.99. The molecular formula is C17H13NS. The van der Waals surface area contributed by atoms with Gasteiger partial charge in [-0.25, -0.2) is 4.98 Å². The fraction of sp³-hybridized carbons (Fsp3) is 0. The number of para-hydroxylation sites is 1. The summed E-state index contributed by atoms with van der Waals surface area (Å²) in [6.07, 6.45) is 2.10. The average Bonchev–Trinajstić information content (AvgIpc) is 2.48. The van der Waals surface area contributed by atoms with Crippen molar-refractivity contribution in [2.75, 3.05) is 0 Å². The van der Waals surface area contributed by atoms with E-state index in [0.717, 1.165) is 10.5 Å². The molecule has 1 aromatic heterocycles. The normalized spacial score (nSPS) is 11.2. The molecule has 0 bridgehead atoms. The predicted molar refractivity (Wildman–Crippen MR) is 83.1 cm³/mol. The van der Waals surface area contributed by atoms with Crippen LogP contribution in [0.25, 0.3) is 17.0 Å². The van der Waals surface area contributed by atoms with Crippen LogP contribution < -0.4 is 0 Å². The lowest BCUT2D eigenvalue weighted by Crippen LogP contribution is -1.80. The van der Waals surface area contributed by atoms with Crippen LogP contribution in [0.1, 0.15) is 5.56 Å². The van der Waals surface area contributed by atoms with Gasteiger partial charge in [0.1, 0.15) is 5.03 Å². The van der Waals surface area contributed by atoms with Crippen molar-refractivity contribution < 1.29 is 0 Å². The molecule has 0 radical (unpaired) electrons. The molecule has 3 rings (SSSR count). The van der Waals surface area contributed by atoms with Crippen molar-refractivity contribution in [2.24, 2.45) is 0 Å². The van der Waals surface area contributed by atoms with Gasteiger partial charge in [0.25, 0.3) is 0 Å². The van der Waals surface area contributed by atoms with E-state index >= 15 is 0 Å². The summed E-state index contributed by atoms with van der Waals surface area (Å²) in [5.74, 6) is 0. The highest BCUT2D eigenvalue weighted by atomic mass is 32.2. The summed E-state index contributed by atoms with van der Waals surface area (Å²) in [6.45, 7) is 0. The van der Waals surface area contributed by atoms with Crippen molar-refractivity contribution in [3.8, 4) is 0 Å². The second-order valence-electron chi connectivity index (χ2n) is 4.17. The van der Waals surface area contributed by atoms with Gasteiger partial charge in [0.15, 0.2) is 0 Å². The summed E-state index contributed by atoms with van der Waals surface area (Å²) in [6, 6.07) is 22.6. The molecule has 0 saturated carbocycles. The van der Waals surface area contributed by atoms with E-state index in [2.05, 4.69) is 46.8 Å². The van der Waals surface area contributed by atoms with Crippen molar-refractivity contribution in [1.29, 1.82) is 0 Å². The minimum atomic E-state index is 1.02. The van der Waals surface area contributed by atoms with Gasteiger partial charge in [-0.1, -0.05) is 66.4 Å². The Morgan fingerprint density at radius 2 is 1.58 bits per heavy atom. The number of thioether (sulfide) groups is 1. The molecule has 1 nitrogen and oxygen atoms in total. The Bertz CT molecular complexity index is 705. The highest BCUT2D eigenvalue weighted by molar-refractivity contribution is 8.02. The van der Waals surface area contributed by atoms with Crippen LogP contribution in [-0.2, 0) is 0 Å². The second-order valence-corrected chi connectivity index (χ2v) is 5.10. The number of rotatable bonds is 3. The van der Waals surface area contributed by atoms with Gasteiger partial charge in [-0.15, -0.1) is 0 Å². The fourth-order valence-corrected chi connectivity index (χ4v) is 2.52. The van der Waals surface area contributed by atoms with Crippen molar-refractivity contribution in [3.05, 3.63) is 77.7 Å². The van der Waals surface area contributed by atoms with Gasteiger partial charge in [0, 0.05) is 5.39 Å². The highest BCUT2D eigenvalue weighted by Crippen LogP contribution is 2.21. The van der Waals surface area contributed by atoms with Crippen LogP contribution in [0.15, 0.2) is 77.2 Å². The Hall–Kier alpha value is -2.06. The monoisotopic (exact) mass is 263 g/mol. The van der Waals surface area contributed by atoms with E-state index in [1.54, 1.807) is 11.8 Å². The molecule has 92 valence electrons. The summed E-state index contributed by atoms with van der Waals surface area (Å²) in [4.78, 5) is 4.62. The van der Waals surface area contributed by atoms with Gasteiger partial charge < -0.3 is 0 Å². The summed E-state index contributed by atoms with van der Waals surface area (Å²) >= 11 is 1.64. The summed E-state index contributed by atoms with van der Waals surface area (Å²) < 4.78 is 0. The average molecular weight is 263 g/mol. The SMILES string of the molecule is C(=C\c1ccccc1)/Sc1ccc2ccccc2n1. The first kappa shape index (κ1) is 12.0. The summed E-state index contributed by atoms with van der Waals surface area (Å²) in [5, 5.41) is 4.27. The standard InChI is InChI=1S/C17H13NS/c1-2-6-14(7-3-1)12-13-19-17-11-10-15-8-4-5-9-16(15)18-17/h1-13H/b13-12+. The molecule has 0 spiro atoms. The van der Waals surface area contributed by atoms with Gasteiger partial charge in [-0.05, 0) is 29.2 Å². The molecule has 0 atom stereocenters. The molecule has 2 aromatic carbocycles. The Morgan fingerprint density at radius 3 is 2.47 bits per heavy atom. The lowest BCUT2D eigenvalue weighted by molar-refractivity contribution is 1.20. The zero-order chi connectivity index (χ0) is 12.9. The van der Waals surface area contributed by atoms with Crippen molar-refractivity contribution in [1.82, 2.24) is 4.98 Å². The summed E-state index contributed by atoms with van der Waals surface area (Å²) in [5.41, 5.74) is 2.25. The summed E-state index contributed by atoms with van der Waals surface area (Å²) in [7, 11) is 0. The number of hydrogen-bond donors (Lipinski definition) is 0. The van der Waals surface area contributed by atoms with E-state index in [4.69, 9.17) is 0 Å². The number of hydrogen-bond acceptors (Lipinski definition) is 2. The predicted octanol–water partition coefficient (Wildman–Crippen LogP) is 5.00. The highest BCUT2D eigenvalue weighted by Gasteiger charge is 1.96. The van der Waals surface area contributed by atoms with Gasteiger partial charge in [-0.2, -0.15) is 0 Å². The minimum Gasteiger partial charge on any atom is -0.241 e. The topological polar surface area (TPSA) is 12.9 Å². The zero-order valence-corrected chi connectivity index (χ0v) is 11.2. The first-order valence-electron chi connectivity index (χ1n) is 6.16. The van der Waals surface area contributed by atoms with E-state index in [9.17, 15) is 0 Å². The Balaban J connectivity index is 1.77. The van der Waals surface area contributed by atoms with Crippen molar-refractivity contribution >= 4 is 28.7 Å². The number of aromatic nitrogens is 1. The number of benzene rings is 2. The van der Waals surface area contributed by atoms with Crippen LogP contribution >= 0.6 is 11.8 Å². The molecule has 0 aliphatic carbocycles. The third-order valence-corrected chi connectivity index (χ3v) is 3.56. The number of nitrogens with zero attached hydrogens (tertiary/aromatic N) is 1. The smallest absolute Gasteiger partial charge is 0.101 e. The third-order valence-electron chi connectivity index (χ3n) is 2.82. The molecule has 3 aromatic rings. The quantitative estimate of drug-likeness (QED) is 0.617. The Morgan fingerprint density at radius 1 is 0.789 bits per heavy atom. The van der Waals surface area contributed by atoms with Crippen LogP contribution in [0, 0.1) is 0 Å². The molecule has 0 fully saturated rings. The van der Waals surface area contributed by atoms with Crippen molar-refractivity contribution in [2.45, 2.75) is 5.03 Å². The van der Waals surface area contributed by atoms with Crippen LogP contribution in [0.3, 0.4) is 0 Å². The fourth-order valence-electron chi connectivity index (χ4n) is 1.86. The van der Waals surface area contributed by atoms with Crippen LogP contribution in [0.4, 0.5) is 0 Å². The van der Waals surface area contributed by atoms with E-state index < -0.39 is 0 Å². The Kier molecular flexibility index (Phi) is 3.61. The van der Waals surface area contributed by atoms with E-state index in [-0.39, 0.29) is 0 Å². The molecule has 1 heterocycles. The van der Waals surface area contributed by atoms with E-state index in [1.165, 1.54) is 10.9 Å². The van der Waals surface area contributed by atoms with Crippen LogP contribution in [0.5, 0.6) is 0 Å². The van der Waals surface area contributed by atoms with Crippen molar-refractivity contribution in [3.63, 3.8) is 0 Å². The van der Waals surface area contributed by atoms with Gasteiger partial charge in [0.05, 0.1) is 5.52 Å². The third kappa shape index (κ3) is 3.04. The first-order valence-corrected chi connectivity index (χ1v) is 7.04. The van der Waals surface area contributed by atoms with E-state index in [1.807, 2.05) is 36.4 Å². The zero-order valence-electron chi connectivity index (χ0n) is 10.4. The Labute approximate surface area is 117 Å². The molecule has 19 heavy (non-hydrogen) atoms. The van der Waals surface area contributed by atoms with Gasteiger partial charge >= 0.3 is 0 Å². The minimum absolute atomic E-state index is 1.02. The maximum Gasteiger partial charge on any atom is 0.101 e. The molecule has 2 heteroatoms. The lowest BCUT2D eigenvalue weighted by atomic mass is 10.2. The maximum absolute atomic E-state index is 4.62. The maximum atomic E-state index is 4.62. The first-order chi connectivity index (χ1) is 9.42. The van der Waals surface area contributed by atoms with Gasteiger partial charge in [0.2, 0.25) is 0 Å². The molecule has 0 unspecified atom stereocenters. The molecule has 0 amide bonds. The number of pyridine rings is 1. The molecular weight excluding hydrogens is 250 g/mol.